The summed E-state index contributed by atoms with van der Waals surface area (Å²) in [7, 11) is 0. The van der Waals surface area contributed by atoms with Crippen molar-refractivity contribution >= 4 is 5.91 Å². The first-order chi connectivity index (χ1) is 14.1. The molecule has 0 aliphatic carbocycles. The van der Waals surface area contributed by atoms with E-state index in [2.05, 4.69) is 15.5 Å². The third-order valence-electron chi connectivity index (χ3n) is 4.35. The van der Waals surface area contributed by atoms with Crippen molar-refractivity contribution in [2.75, 3.05) is 0 Å². The molecule has 2 aromatic heterocycles. The summed E-state index contributed by atoms with van der Waals surface area (Å²) < 4.78 is 5.51. The highest BCUT2D eigenvalue weighted by atomic mass is 16.5. The fourth-order valence-electron chi connectivity index (χ4n) is 2.89. The minimum Gasteiger partial charge on any atom is -0.508 e. The van der Waals surface area contributed by atoms with Gasteiger partial charge in [0, 0.05) is 17.3 Å². The molecule has 0 spiro atoms. The van der Waals surface area contributed by atoms with Crippen LogP contribution in [0.1, 0.15) is 16.1 Å². The number of nitrogens with one attached hydrogen (secondary N) is 1. The van der Waals surface area contributed by atoms with E-state index in [0.717, 1.165) is 5.69 Å². The highest BCUT2D eigenvalue weighted by molar-refractivity contribution is 6.04. The van der Waals surface area contributed by atoms with Crippen LogP contribution in [0.3, 0.4) is 0 Å². The van der Waals surface area contributed by atoms with Gasteiger partial charge >= 0.3 is 0 Å². The lowest BCUT2D eigenvalue weighted by Crippen LogP contribution is -2.24. The predicted octanol–water partition coefficient (Wildman–Crippen LogP) is 3.74. The summed E-state index contributed by atoms with van der Waals surface area (Å²) in [6.45, 7) is 0.245. The van der Waals surface area contributed by atoms with E-state index in [-0.39, 0.29) is 35.3 Å². The summed E-state index contributed by atoms with van der Waals surface area (Å²) >= 11 is 0. The van der Waals surface area contributed by atoms with Gasteiger partial charge in [-0.25, -0.2) is 0 Å². The van der Waals surface area contributed by atoms with Gasteiger partial charge in [0.2, 0.25) is 0 Å². The lowest BCUT2D eigenvalue weighted by molar-refractivity contribution is 0.0951. The second kappa shape index (κ2) is 7.85. The first kappa shape index (κ1) is 18.2. The molecule has 0 aliphatic rings. The Morgan fingerprint density at radius 3 is 2.17 bits per heavy atom. The molecular formula is C22H17N3O4. The van der Waals surface area contributed by atoms with E-state index < -0.39 is 0 Å². The minimum absolute atomic E-state index is 0.105. The molecular weight excluding hydrogens is 370 g/mol. The van der Waals surface area contributed by atoms with Crippen LogP contribution in [0.25, 0.3) is 22.6 Å². The molecule has 0 radical (unpaired) electrons. The normalized spacial score (nSPS) is 10.6. The number of aromatic hydroxyl groups is 2. The standard InChI is InChI=1S/C22H17N3O4/c26-17-8-4-14(5-9-17)20-19(22(28)24-13-16-3-1-2-12-23-16)21(29-25-20)15-6-10-18(27)11-7-15/h1-12,26-27H,13H2,(H,24,28). The Morgan fingerprint density at radius 1 is 0.897 bits per heavy atom. The maximum atomic E-state index is 13.1. The number of carbonyl (C=O) groups excluding carboxylic acids is 1. The fraction of sp³-hybridized carbons (Fsp3) is 0.0455. The number of phenolic OH excluding ortho intramolecular Hbond substituents is 2. The van der Waals surface area contributed by atoms with Gasteiger partial charge in [0.05, 0.1) is 12.2 Å². The van der Waals surface area contributed by atoms with Crippen LogP contribution in [-0.2, 0) is 6.54 Å². The highest BCUT2D eigenvalue weighted by Crippen LogP contribution is 2.33. The summed E-state index contributed by atoms with van der Waals surface area (Å²) in [6, 6.07) is 18.1. The number of hydrogen-bond donors (Lipinski definition) is 3. The molecule has 0 saturated carbocycles. The molecule has 2 heterocycles. The Hall–Kier alpha value is -4.13. The van der Waals surface area contributed by atoms with Crippen molar-refractivity contribution < 1.29 is 19.5 Å². The second-order valence-corrected chi connectivity index (χ2v) is 6.33. The van der Waals surface area contributed by atoms with Gasteiger partial charge < -0.3 is 20.1 Å². The lowest BCUT2D eigenvalue weighted by atomic mass is 10.0. The van der Waals surface area contributed by atoms with Crippen LogP contribution < -0.4 is 5.32 Å². The zero-order valence-electron chi connectivity index (χ0n) is 15.2. The SMILES string of the molecule is O=C(NCc1ccccn1)c1c(-c2ccc(O)cc2)noc1-c1ccc(O)cc1. The predicted molar refractivity (Wildman–Crippen MR) is 106 cm³/mol. The van der Waals surface area contributed by atoms with E-state index in [4.69, 9.17) is 4.52 Å². The van der Waals surface area contributed by atoms with Gasteiger partial charge in [0.15, 0.2) is 5.76 Å². The second-order valence-electron chi connectivity index (χ2n) is 6.33. The molecule has 1 amide bonds. The molecule has 4 aromatic rings. The van der Waals surface area contributed by atoms with E-state index >= 15 is 0 Å². The first-order valence-corrected chi connectivity index (χ1v) is 8.88. The smallest absolute Gasteiger partial charge is 0.257 e. The van der Waals surface area contributed by atoms with Crippen molar-refractivity contribution in [2.24, 2.45) is 0 Å². The number of carbonyl (C=O) groups is 1. The van der Waals surface area contributed by atoms with E-state index in [0.29, 0.717) is 16.8 Å². The summed E-state index contributed by atoms with van der Waals surface area (Å²) in [5.74, 6) is 0.125. The average Bonchev–Trinajstić information content (AvgIpc) is 3.19. The molecule has 0 bridgehead atoms. The molecule has 2 aromatic carbocycles. The Kier molecular flexibility index (Phi) is 4.94. The number of rotatable bonds is 5. The van der Waals surface area contributed by atoms with Crippen molar-refractivity contribution in [1.29, 1.82) is 0 Å². The Balaban J connectivity index is 1.73. The monoisotopic (exact) mass is 387 g/mol. The van der Waals surface area contributed by atoms with Crippen LogP contribution in [0, 0.1) is 0 Å². The van der Waals surface area contributed by atoms with Crippen LogP contribution in [0.4, 0.5) is 0 Å². The van der Waals surface area contributed by atoms with Gasteiger partial charge in [0.1, 0.15) is 22.8 Å². The number of amides is 1. The molecule has 0 unspecified atom stereocenters. The number of aromatic nitrogens is 2. The summed E-state index contributed by atoms with van der Waals surface area (Å²) in [4.78, 5) is 17.3. The maximum absolute atomic E-state index is 13.1. The van der Waals surface area contributed by atoms with Crippen molar-refractivity contribution in [3.05, 3.63) is 84.2 Å². The van der Waals surface area contributed by atoms with Gasteiger partial charge in [-0.3, -0.25) is 9.78 Å². The quantitative estimate of drug-likeness (QED) is 0.481. The van der Waals surface area contributed by atoms with Gasteiger partial charge in [0.25, 0.3) is 5.91 Å². The van der Waals surface area contributed by atoms with E-state index in [1.165, 1.54) is 24.3 Å². The maximum Gasteiger partial charge on any atom is 0.257 e. The molecule has 7 heteroatoms. The van der Waals surface area contributed by atoms with E-state index in [1.54, 1.807) is 36.5 Å². The first-order valence-electron chi connectivity index (χ1n) is 8.88. The Morgan fingerprint density at radius 2 is 1.55 bits per heavy atom. The van der Waals surface area contributed by atoms with Crippen LogP contribution in [0.15, 0.2) is 77.4 Å². The third kappa shape index (κ3) is 3.93. The van der Waals surface area contributed by atoms with Crippen molar-refractivity contribution in [2.45, 2.75) is 6.54 Å². The zero-order valence-corrected chi connectivity index (χ0v) is 15.2. The van der Waals surface area contributed by atoms with E-state index in [1.807, 2.05) is 12.1 Å². The van der Waals surface area contributed by atoms with Gasteiger partial charge in [-0.1, -0.05) is 11.2 Å². The third-order valence-corrected chi connectivity index (χ3v) is 4.35. The fourth-order valence-corrected chi connectivity index (χ4v) is 2.89. The molecule has 4 rings (SSSR count). The van der Waals surface area contributed by atoms with Gasteiger partial charge in [-0.15, -0.1) is 0 Å². The van der Waals surface area contributed by atoms with Crippen molar-refractivity contribution in [3.63, 3.8) is 0 Å². The van der Waals surface area contributed by atoms with Crippen LogP contribution in [0.5, 0.6) is 11.5 Å². The Labute approximate surface area is 166 Å². The number of hydrogen-bond acceptors (Lipinski definition) is 6. The highest BCUT2D eigenvalue weighted by Gasteiger charge is 2.25. The molecule has 0 fully saturated rings. The molecule has 7 nitrogen and oxygen atoms in total. The zero-order chi connectivity index (χ0) is 20.2. The van der Waals surface area contributed by atoms with Gasteiger partial charge in [-0.2, -0.15) is 0 Å². The van der Waals surface area contributed by atoms with Crippen molar-refractivity contribution in [3.8, 4) is 34.1 Å². The molecule has 0 saturated heterocycles. The van der Waals surface area contributed by atoms with Crippen molar-refractivity contribution in [1.82, 2.24) is 15.5 Å². The summed E-state index contributed by atoms with van der Waals surface area (Å²) in [6.07, 6.45) is 1.66. The number of benzene rings is 2. The molecule has 29 heavy (non-hydrogen) atoms. The summed E-state index contributed by atoms with van der Waals surface area (Å²) in [5, 5.41) is 26.0. The van der Waals surface area contributed by atoms with Crippen LogP contribution in [0.2, 0.25) is 0 Å². The molecule has 0 aliphatic heterocycles. The molecule has 3 N–H and O–H groups in total. The average molecular weight is 387 g/mol. The lowest BCUT2D eigenvalue weighted by Gasteiger charge is -2.07. The summed E-state index contributed by atoms with van der Waals surface area (Å²) in [5.41, 5.74) is 2.56. The number of pyridine rings is 1. The Bertz CT molecular complexity index is 1060. The number of phenols is 2. The van der Waals surface area contributed by atoms with Gasteiger partial charge in [-0.05, 0) is 60.7 Å². The van der Waals surface area contributed by atoms with E-state index in [9.17, 15) is 15.0 Å². The molecule has 0 atom stereocenters. The van der Waals surface area contributed by atoms with Crippen LogP contribution >= 0.6 is 0 Å². The minimum atomic E-state index is -0.372. The molecule has 144 valence electrons. The van der Waals surface area contributed by atoms with Crippen LogP contribution in [-0.4, -0.2) is 26.3 Å². The topological polar surface area (TPSA) is 108 Å². The largest absolute Gasteiger partial charge is 0.508 e. The number of nitrogens with zero attached hydrogens (tertiary/aromatic N) is 2.